The molecule has 10 amide bonds. The number of carbonyl (C=O) groups excluding carboxylic acids is 10. The Bertz CT molecular complexity index is 1740. The van der Waals surface area contributed by atoms with E-state index in [1.807, 2.05) is 0 Å². The summed E-state index contributed by atoms with van der Waals surface area (Å²) < 4.78 is 0. The predicted molar refractivity (Wildman–Crippen MR) is 248 cm³/mol. The number of hydrogen-bond donors (Lipinski definition) is 12. The number of primary amides is 1. The summed E-state index contributed by atoms with van der Waals surface area (Å²) >= 11 is 0. The Labute approximate surface area is 393 Å². The van der Waals surface area contributed by atoms with E-state index < -0.39 is 120 Å². The van der Waals surface area contributed by atoms with Gasteiger partial charge in [0, 0.05) is 33.0 Å². The Hall–Kier alpha value is -6.07. The first kappa shape index (κ1) is 58.9. The molecule has 1 rings (SSSR count). The summed E-state index contributed by atoms with van der Waals surface area (Å²) in [6.07, 6.45) is 0.559. The van der Waals surface area contributed by atoms with Gasteiger partial charge >= 0.3 is 0 Å². The number of aliphatic hydroxyl groups is 1. The molecule has 15 N–H and O–H groups in total. The quantitative estimate of drug-likeness (QED) is 0.0192. The zero-order valence-electron chi connectivity index (χ0n) is 40.3. The normalized spacial score (nSPS) is 17.3. The molecule has 1 aliphatic rings. The van der Waals surface area contributed by atoms with Gasteiger partial charge in [0.2, 0.25) is 59.1 Å². The first-order valence-electron chi connectivity index (χ1n) is 23.2. The second kappa shape index (κ2) is 30.3. The maximum atomic E-state index is 14.1. The van der Waals surface area contributed by atoms with Gasteiger partial charge in [-0.3, -0.25) is 52.9 Å². The van der Waals surface area contributed by atoms with Crippen molar-refractivity contribution < 1.29 is 53.1 Å². The highest BCUT2D eigenvalue weighted by atomic mass is 16.3. The number of carbonyl (C=O) groups is 10. The number of nitrogens with two attached hydrogens (primary N) is 3. The number of aliphatic imine (C=N–C) groups is 1. The topological polar surface area (TPSA) is 381 Å². The van der Waals surface area contributed by atoms with Gasteiger partial charge in [-0.15, -0.1) is 0 Å². The molecule has 380 valence electrons. The number of nitrogens with one attached hydrogen (secondary N) is 8. The number of rotatable bonds is 30. The van der Waals surface area contributed by atoms with Crippen molar-refractivity contribution in [3.05, 3.63) is 0 Å². The molecule has 0 spiro atoms. The lowest BCUT2D eigenvalue weighted by atomic mass is 9.96. The van der Waals surface area contributed by atoms with Crippen LogP contribution in [0, 0.1) is 11.8 Å². The van der Waals surface area contributed by atoms with Gasteiger partial charge in [-0.25, -0.2) is 0 Å². The summed E-state index contributed by atoms with van der Waals surface area (Å²) in [4.78, 5) is 137. The molecule has 0 aromatic carbocycles. The molecular weight excluding hydrogens is 875 g/mol. The van der Waals surface area contributed by atoms with Crippen LogP contribution in [-0.2, 0) is 47.9 Å². The summed E-state index contributed by atoms with van der Waals surface area (Å²) in [6.45, 7) is 13.2. The molecule has 1 heterocycles. The monoisotopic (exact) mass is 952 g/mol. The third-order valence-corrected chi connectivity index (χ3v) is 11.4. The van der Waals surface area contributed by atoms with Crippen LogP contribution < -0.4 is 59.7 Å². The third-order valence-electron chi connectivity index (χ3n) is 11.4. The molecule has 67 heavy (non-hydrogen) atoms. The first-order chi connectivity index (χ1) is 31.5. The maximum Gasteiger partial charge on any atom is 0.245 e. The van der Waals surface area contributed by atoms with Gasteiger partial charge in [0.25, 0.3) is 0 Å². The van der Waals surface area contributed by atoms with E-state index >= 15 is 0 Å². The highest BCUT2D eigenvalue weighted by Crippen LogP contribution is 2.21. The molecule has 0 aliphatic carbocycles. The summed E-state index contributed by atoms with van der Waals surface area (Å²) in [7, 11) is 0. The van der Waals surface area contributed by atoms with E-state index in [0.717, 1.165) is 0 Å². The second-order valence-corrected chi connectivity index (χ2v) is 16.9. The zero-order chi connectivity index (χ0) is 51.0. The lowest BCUT2D eigenvalue weighted by Gasteiger charge is -2.32. The Balaban J connectivity index is 3.36. The molecular formula is C43H77N13O11. The molecule has 0 aromatic heterocycles. The van der Waals surface area contributed by atoms with Gasteiger partial charge in [0.15, 0.2) is 5.96 Å². The number of hydrogen-bond acceptors (Lipinski definition) is 12. The number of likely N-dealkylation sites (tertiary alicyclic amines) is 1. The van der Waals surface area contributed by atoms with Crippen molar-refractivity contribution in [3.8, 4) is 0 Å². The van der Waals surface area contributed by atoms with Gasteiger partial charge in [-0.2, -0.15) is 0 Å². The molecule has 0 unspecified atom stereocenters. The fourth-order valence-corrected chi connectivity index (χ4v) is 7.20. The van der Waals surface area contributed by atoms with E-state index in [0.29, 0.717) is 51.6 Å². The van der Waals surface area contributed by atoms with Crippen molar-refractivity contribution >= 4 is 65.0 Å². The van der Waals surface area contributed by atoms with Crippen LogP contribution >= 0.6 is 0 Å². The number of guanidine groups is 1. The SMILES string of the molecule is CCC[C@H](NC(=O)[C@@H](NC(=O)[C@H](NC(=O)[C@H](CCC(N)=O)NC(=O)CNC(C)=O)[C@@H](C)CC)[C@@H](C)O)C(=O)N[C@H](C(=O)N[C@@H](CCCN=C(N)N)C(=O)N1CCC[C@H]1C(=O)NCC)[C@@H](C)CC. The molecule has 24 nitrogen and oxygen atoms in total. The molecule has 1 aliphatic heterocycles. The molecule has 24 heteroatoms. The summed E-state index contributed by atoms with van der Waals surface area (Å²) in [5, 5.41) is 31.4. The zero-order valence-corrected chi connectivity index (χ0v) is 40.3. The molecule has 0 bridgehead atoms. The van der Waals surface area contributed by atoms with Gasteiger partial charge < -0.3 is 69.7 Å². The van der Waals surface area contributed by atoms with E-state index in [2.05, 4.69) is 47.5 Å². The minimum Gasteiger partial charge on any atom is -0.391 e. The second-order valence-electron chi connectivity index (χ2n) is 16.9. The highest BCUT2D eigenvalue weighted by Gasteiger charge is 2.40. The van der Waals surface area contributed by atoms with Crippen molar-refractivity contribution in [2.24, 2.45) is 34.0 Å². The van der Waals surface area contributed by atoms with Crippen molar-refractivity contribution in [1.29, 1.82) is 0 Å². The van der Waals surface area contributed by atoms with E-state index in [1.165, 1.54) is 18.7 Å². The minimum absolute atomic E-state index is 0.0703. The molecule has 0 aromatic rings. The van der Waals surface area contributed by atoms with Crippen LogP contribution in [0.1, 0.15) is 120 Å². The standard InChI is InChI=1S/C43H77N13O11/c1-9-15-27(36(61)53-33(23(5)10-2)39(64)52-29(16-13-20-48-43(45)46)42(67)56-21-14-17-30(56)38(63)47-12-4)51-41(66)35(25(7)57)55-40(65)34(24(6)11-3)54-37(62)28(18-19-31(44)59)50-32(60)22-49-26(8)58/h23-25,27-30,33-35,57H,9-22H2,1-8H3,(H2,44,59)(H,47,63)(H,49,58)(H,50,60)(H,51,66)(H,52,64)(H,53,61)(H,54,62)(H,55,65)(H4,45,46,48)/t23-,24-,25+,27-,28-,29-,30-,33-,34+,35-/m0/s1. The molecule has 0 radical (unpaired) electrons. The van der Waals surface area contributed by atoms with E-state index in [9.17, 15) is 53.1 Å². The van der Waals surface area contributed by atoms with Gasteiger partial charge in [-0.1, -0.05) is 53.9 Å². The molecule has 10 atom stereocenters. The van der Waals surface area contributed by atoms with Crippen molar-refractivity contribution in [3.63, 3.8) is 0 Å². The maximum absolute atomic E-state index is 14.1. The summed E-state index contributed by atoms with van der Waals surface area (Å²) in [6, 6.07) is -8.64. The van der Waals surface area contributed by atoms with Crippen LogP contribution in [0.3, 0.4) is 0 Å². The summed E-state index contributed by atoms with van der Waals surface area (Å²) in [5.74, 6) is -8.15. The Kier molecular flexibility index (Phi) is 26.6. The highest BCUT2D eigenvalue weighted by molar-refractivity contribution is 5.98. The van der Waals surface area contributed by atoms with Crippen LogP contribution in [0.5, 0.6) is 0 Å². The van der Waals surface area contributed by atoms with E-state index in [1.54, 1.807) is 41.5 Å². The number of aliphatic hydroxyl groups excluding tert-OH is 1. The average Bonchev–Trinajstić information content (AvgIpc) is 3.77. The van der Waals surface area contributed by atoms with Crippen molar-refractivity contribution in [2.45, 2.75) is 168 Å². The third kappa shape index (κ3) is 20.5. The Morgan fingerprint density at radius 3 is 1.69 bits per heavy atom. The smallest absolute Gasteiger partial charge is 0.245 e. The van der Waals surface area contributed by atoms with Crippen molar-refractivity contribution in [1.82, 2.24) is 47.4 Å². The predicted octanol–water partition coefficient (Wildman–Crippen LogP) is -3.25. The van der Waals surface area contributed by atoms with Gasteiger partial charge in [0.1, 0.15) is 42.3 Å². The lowest BCUT2D eigenvalue weighted by Crippen LogP contribution is -2.63. The Morgan fingerprint density at radius 1 is 0.672 bits per heavy atom. The molecule has 1 saturated heterocycles. The van der Waals surface area contributed by atoms with E-state index in [4.69, 9.17) is 17.2 Å². The number of likely N-dealkylation sites (N-methyl/N-ethyl adjacent to an activating group) is 1. The molecule has 1 fully saturated rings. The van der Waals surface area contributed by atoms with Crippen LogP contribution in [0.15, 0.2) is 4.99 Å². The molecule has 0 saturated carbocycles. The summed E-state index contributed by atoms with van der Waals surface area (Å²) in [5.41, 5.74) is 16.2. The first-order valence-corrected chi connectivity index (χ1v) is 23.2. The van der Waals surface area contributed by atoms with Crippen LogP contribution in [0.2, 0.25) is 0 Å². The lowest BCUT2D eigenvalue weighted by molar-refractivity contribution is -0.142. The number of nitrogens with zero attached hydrogens (tertiary/aromatic N) is 2. The largest absolute Gasteiger partial charge is 0.391 e. The van der Waals surface area contributed by atoms with Crippen LogP contribution in [-0.4, -0.2) is 150 Å². The van der Waals surface area contributed by atoms with Gasteiger partial charge in [0.05, 0.1) is 12.6 Å². The number of amides is 10. The fraction of sp³-hybridized carbons (Fsp3) is 0.744. The Morgan fingerprint density at radius 2 is 1.19 bits per heavy atom. The van der Waals surface area contributed by atoms with Crippen molar-refractivity contribution in [2.75, 3.05) is 26.2 Å². The fourth-order valence-electron chi connectivity index (χ4n) is 7.20. The average molecular weight is 952 g/mol. The van der Waals surface area contributed by atoms with Crippen LogP contribution in [0.25, 0.3) is 0 Å². The van der Waals surface area contributed by atoms with Crippen LogP contribution in [0.4, 0.5) is 0 Å². The van der Waals surface area contributed by atoms with Gasteiger partial charge in [-0.05, 0) is 64.2 Å². The minimum atomic E-state index is -1.65. The van der Waals surface area contributed by atoms with E-state index in [-0.39, 0.29) is 44.1 Å².